The van der Waals surface area contributed by atoms with E-state index in [-0.39, 0.29) is 4.90 Å². The largest absolute Gasteiger partial charge is 0.337 e. The molecule has 0 fully saturated rings. The van der Waals surface area contributed by atoms with Gasteiger partial charge in [0.1, 0.15) is 12.0 Å². The van der Waals surface area contributed by atoms with Crippen LogP contribution in [0, 0.1) is 0 Å². The van der Waals surface area contributed by atoms with Crippen molar-refractivity contribution in [1.82, 2.24) is 19.9 Å². The summed E-state index contributed by atoms with van der Waals surface area (Å²) in [6, 6.07) is 13.0. The fourth-order valence-corrected chi connectivity index (χ4v) is 3.80. The van der Waals surface area contributed by atoms with E-state index in [9.17, 15) is 8.42 Å². The number of aromatic amines is 1. The lowest BCUT2D eigenvalue weighted by Crippen LogP contribution is -2.13. The van der Waals surface area contributed by atoms with Crippen LogP contribution in [0.4, 0.5) is 5.69 Å². The first kappa shape index (κ1) is 16.5. The predicted octanol–water partition coefficient (Wildman–Crippen LogP) is 3.47. The van der Waals surface area contributed by atoms with Gasteiger partial charge in [-0.3, -0.25) is 4.72 Å². The van der Waals surface area contributed by atoms with E-state index in [0.29, 0.717) is 33.3 Å². The Labute approximate surface area is 154 Å². The van der Waals surface area contributed by atoms with Gasteiger partial charge in [0.15, 0.2) is 5.82 Å². The lowest BCUT2D eigenvalue weighted by atomic mass is 10.3. The van der Waals surface area contributed by atoms with Gasteiger partial charge in [-0.2, -0.15) is 0 Å². The van der Waals surface area contributed by atoms with Gasteiger partial charge in [0.25, 0.3) is 10.0 Å². The Bertz CT molecular complexity index is 1190. The molecule has 130 valence electrons. The molecule has 0 saturated carbocycles. The standard InChI is InChI=1S/C17H12ClN5O2S/c18-12-3-1-2-4-13(12)23-26(24,25)11-5-6-14-16(9-11)22-17(21-14)15-7-8-19-10-20-15/h1-10,23H,(H,21,22). The summed E-state index contributed by atoms with van der Waals surface area (Å²) in [5.41, 5.74) is 2.16. The van der Waals surface area contributed by atoms with E-state index in [2.05, 4.69) is 24.7 Å². The lowest BCUT2D eigenvalue weighted by Gasteiger charge is -2.09. The molecule has 2 aromatic carbocycles. The first-order valence-electron chi connectivity index (χ1n) is 7.56. The highest BCUT2D eigenvalue weighted by atomic mass is 35.5. The molecule has 0 aliphatic carbocycles. The van der Waals surface area contributed by atoms with E-state index in [1.54, 1.807) is 42.6 Å². The van der Waals surface area contributed by atoms with E-state index >= 15 is 0 Å². The second kappa shape index (κ2) is 6.40. The number of sulfonamides is 1. The third kappa shape index (κ3) is 3.12. The molecule has 0 atom stereocenters. The minimum atomic E-state index is -3.79. The molecular formula is C17H12ClN5O2S. The molecule has 0 spiro atoms. The third-order valence-corrected chi connectivity index (χ3v) is 5.40. The molecule has 9 heteroatoms. The summed E-state index contributed by atoms with van der Waals surface area (Å²) in [6.45, 7) is 0. The van der Waals surface area contributed by atoms with Crippen LogP contribution in [0.5, 0.6) is 0 Å². The maximum Gasteiger partial charge on any atom is 0.262 e. The van der Waals surface area contributed by atoms with Gasteiger partial charge in [-0.15, -0.1) is 0 Å². The minimum Gasteiger partial charge on any atom is -0.337 e. The average molecular weight is 386 g/mol. The third-order valence-electron chi connectivity index (χ3n) is 3.71. The molecule has 0 unspecified atom stereocenters. The molecule has 0 amide bonds. The highest BCUT2D eigenvalue weighted by Crippen LogP contribution is 2.26. The Morgan fingerprint density at radius 3 is 2.69 bits per heavy atom. The van der Waals surface area contributed by atoms with Gasteiger partial charge in [-0.1, -0.05) is 23.7 Å². The number of H-pyrrole nitrogens is 1. The molecule has 26 heavy (non-hydrogen) atoms. The van der Waals surface area contributed by atoms with Gasteiger partial charge >= 0.3 is 0 Å². The molecule has 4 aromatic rings. The van der Waals surface area contributed by atoms with Crippen molar-refractivity contribution in [2.75, 3.05) is 4.72 Å². The lowest BCUT2D eigenvalue weighted by molar-refractivity contribution is 0.601. The van der Waals surface area contributed by atoms with Crippen LogP contribution in [0.25, 0.3) is 22.6 Å². The molecule has 0 bridgehead atoms. The maximum atomic E-state index is 12.6. The van der Waals surface area contributed by atoms with Crippen molar-refractivity contribution in [3.05, 3.63) is 66.1 Å². The number of rotatable bonds is 4. The Kier molecular flexibility index (Phi) is 4.06. The summed E-state index contributed by atoms with van der Waals surface area (Å²) < 4.78 is 27.8. The van der Waals surface area contributed by atoms with Gasteiger partial charge in [-0.05, 0) is 36.4 Å². The zero-order valence-corrected chi connectivity index (χ0v) is 14.8. The first-order chi connectivity index (χ1) is 12.5. The predicted molar refractivity (Wildman–Crippen MR) is 99.4 cm³/mol. The molecule has 4 rings (SSSR count). The zero-order chi connectivity index (χ0) is 18.1. The Morgan fingerprint density at radius 1 is 1.08 bits per heavy atom. The van der Waals surface area contributed by atoms with Crippen molar-refractivity contribution in [2.24, 2.45) is 0 Å². The summed E-state index contributed by atoms with van der Waals surface area (Å²) >= 11 is 6.03. The van der Waals surface area contributed by atoms with Crippen LogP contribution in [0.1, 0.15) is 0 Å². The number of halogens is 1. The van der Waals surface area contributed by atoms with E-state index in [1.165, 1.54) is 18.5 Å². The van der Waals surface area contributed by atoms with Crippen LogP contribution in [-0.4, -0.2) is 28.4 Å². The summed E-state index contributed by atoms with van der Waals surface area (Å²) in [7, 11) is -3.79. The average Bonchev–Trinajstić information content (AvgIpc) is 3.07. The Morgan fingerprint density at radius 2 is 1.92 bits per heavy atom. The summed E-state index contributed by atoms with van der Waals surface area (Å²) in [5, 5.41) is 0.324. The fraction of sp³-hybridized carbons (Fsp3) is 0. The number of aromatic nitrogens is 4. The van der Waals surface area contributed by atoms with E-state index < -0.39 is 10.0 Å². The van der Waals surface area contributed by atoms with Crippen molar-refractivity contribution in [3.63, 3.8) is 0 Å². The van der Waals surface area contributed by atoms with Gasteiger partial charge in [0, 0.05) is 6.20 Å². The van der Waals surface area contributed by atoms with Crippen molar-refractivity contribution >= 4 is 38.3 Å². The Hall–Kier alpha value is -2.97. The number of benzene rings is 2. The van der Waals surface area contributed by atoms with Crippen LogP contribution < -0.4 is 4.72 Å². The molecule has 2 aromatic heterocycles. The number of hydrogen-bond donors (Lipinski definition) is 2. The molecule has 0 saturated heterocycles. The highest BCUT2D eigenvalue weighted by molar-refractivity contribution is 7.92. The highest BCUT2D eigenvalue weighted by Gasteiger charge is 2.17. The van der Waals surface area contributed by atoms with Crippen LogP contribution in [-0.2, 0) is 10.0 Å². The topological polar surface area (TPSA) is 101 Å². The van der Waals surface area contributed by atoms with Gasteiger partial charge < -0.3 is 4.98 Å². The van der Waals surface area contributed by atoms with Crippen LogP contribution in [0.2, 0.25) is 5.02 Å². The molecule has 0 aliphatic rings. The van der Waals surface area contributed by atoms with Crippen LogP contribution >= 0.6 is 11.6 Å². The SMILES string of the molecule is O=S(=O)(Nc1ccccc1Cl)c1ccc2nc(-c3ccncn3)[nH]c2c1. The minimum absolute atomic E-state index is 0.0998. The monoisotopic (exact) mass is 385 g/mol. The number of imidazole rings is 1. The van der Waals surface area contributed by atoms with Crippen molar-refractivity contribution in [3.8, 4) is 11.5 Å². The number of hydrogen-bond acceptors (Lipinski definition) is 5. The summed E-state index contributed by atoms with van der Waals surface area (Å²) in [5.74, 6) is 0.538. The second-order valence-electron chi connectivity index (χ2n) is 5.44. The molecule has 0 radical (unpaired) electrons. The first-order valence-corrected chi connectivity index (χ1v) is 9.42. The molecule has 2 heterocycles. The van der Waals surface area contributed by atoms with Gasteiger partial charge in [0.2, 0.25) is 0 Å². The normalized spacial score (nSPS) is 11.6. The number of anilines is 1. The van der Waals surface area contributed by atoms with Crippen LogP contribution in [0.15, 0.2) is 66.0 Å². The molecule has 0 aliphatic heterocycles. The molecule has 7 nitrogen and oxygen atoms in total. The van der Waals surface area contributed by atoms with E-state index in [0.717, 1.165) is 0 Å². The zero-order valence-electron chi connectivity index (χ0n) is 13.2. The fourth-order valence-electron chi connectivity index (χ4n) is 2.46. The van der Waals surface area contributed by atoms with Crippen molar-refractivity contribution in [2.45, 2.75) is 4.90 Å². The van der Waals surface area contributed by atoms with E-state index in [1.807, 2.05) is 0 Å². The number of para-hydroxylation sites is 1. The summed E-state index contributed by atoms with van der Waals surface area (Å²) in [6.07, 6.45) is 3.03. The van der Waals surface area contributed by atoms with Crippen molar-refractivity contribution in [1.29, 1.82) is 0 Å². The summed E-state index contributed by atoms with van der Waals surface area (Å²) in [4.78, 5) is 15.6. The van der Waals surface area contributed by atoms with E-state index in [4.69, 9.17) is 11.6 Å². The maximum absolute atomic E-state index is 12.6. The quantitative estimate of drug-likeness (QED) is 0.560. The number of nitrogens with zero attached hydrogens (tertiary/aromatic N) is 3. The van der Waals surface area contributed by atoms with Gasteiger partial charge in [-0.25, -0.2) is 23.4 Å². The smallest absolute Gasteiger partial charge is 0.262 e. The number of fused-ring (bicyclic) bond motifs is 1. The number of nitrogens with one attached hydrogen (secondary N) is 2. The van der Waals surface area contributed by atoms with Gasteiger partial charge in [0.05, 0.1) is 26.6 Å². The molecular weight excluding hydrogens is 374 g/mol. The molecule has 2 N–H and O–H groups in total. The van der Waals surface area contributed by atoms with Crippen molar-refractivity contribution < 1.29 is 8.42 Å². The van der Waals surface area contributed by atoms with Crippen LogP contribution in [0.3, 0.4) is 0 Å². The second-order valence-corrected chi connectivity index (χ2v) is 7.53. The Balaban J connectivity index is 1.72.